The summed E-state index contributed by atoms with van der Waals surface area (Å²) in [5.74, 6) is 0.261. The van der Waals surface area contributed by atoms with Crippen molar-refractivity contribution in [3.8, 4) is 11.5 Å². The van der Waals surface area contributed by atoms with E-state index in [1.54, 1.807) is 24.3 Å². The summed E-state index contributed by atoms with van der Waals surface area (Å²) < 4.78 is 44.6. The van der Waals surface area contributed by atoms with Gasteiger partial charge < -0.3 is 4.74 Å². The molecule has 0 spiro atoms. The molecule has 0 aliphatic rings. The average molecular weight is 409 g/mol. The van der Waals surface area contributed by atoms with Crippen molar-refractivity contribution in [3.05, 3.63) is 61.7 Å². The highest BCUT2D eigenvalue weighted by Crippen LogP contribution is 2.39. The minimum atomic E-state index is -4.83. The maximum atomic E-state index is 12.8. The molecule has 2 aromatic rings. The van der Waals surface area contributed by atoms with E-state index in [0.29, 0.717) is 15.4 Å². The molecule has 2 aromatic carbocycles. The first-order chi connectivity index (χ1) is 9.79. The number of nitrogens with zero attached hydrogens (tertiary/aromatic N) is 1. The predicted molar refractivity (Wildman–Crippen MR) is 77.3 cm³/mol. The predicted octanol–water partition coefficient (Wildman–Crippen LogP) is 5.01. The Bertz CT molecular complexity index is 689. The summed E-state index contributed by atoms with van der Waals surface area (Å²) in [5.41, 5.74) is -2.34. The Labute approximate surface area is 130 Å². The van der Waals surface area contributed by atoms with Gasteiger partial charge in [0.05, 0.1) is 8.49 Å². The van der Waals surface area contributed by atoms with Crippen molar-refractivity contribution in [2.75, 3.05) is 0 Å². The fraction of sp³-hybridized carbons (Fsp3) is 0.0769. The van der Waals surface area contributed by atoms with Crippen molar-refractivity contribution in [2.24, 2.45) is 0 Å². The van der Waals surface area contributed by atoms with Crippen molar-refractivity contribution >= 4 is 28.3 Å². The molecule has 0 saturated carbocycles. The molecular formula is C13H7F3INO3. The van der Waals surface area contributed by atoms with Gasteiger partial charge in [-0.2, -0.15) is 13.2 Å². The maximum Gasteiger partial charge on any atom is 0.423 e. The van der Waals surface area contributed by atoms with Crippen LogP contribution in [-0.4, -0.2) is 4.92 Å². The molecule has 0 saturated heterocycles. The molecule has 2 rings (SSSR count). The van der Waals surface area contributed by atoms with E-state index in [1.165, 1.54) is 0 Å². The van der Waals surface area contributed by atoms with Gasteiger partial charge in [0, 0.05) is 6.07 Å². The highest BCUT2D eigenvalue weighted by molar-refractivity contribution is 14.1. The number of nitro benzene ring substituents is 1. The van der Waals surface area contributed by atoms with Gasteiger partial charge in [-0.25, -0.2) is 0 Å². The van der Waals surface area contributed by atoms with Crippen molar-refractivity contribution in [2.45, 2.75) is 6.18 Å². The summed E-state index contributed by atoms with van der Waals surface area (Å²) in [7, 11) is 0. The van der Waals surface area contributed by atoms with Crippen LogP contribution in [0, 0.1) is 13.7 Å². The van der Waals surface area contributed by atoms with Crippen LogP contribution in [0.15, 0.2) is 42.5 Å². The quantitative estimate of drug-likeness (QED) is 0.407. The number of rotatable bonds is 3. The van der Waals surface area contributed by atoms with Gasteiger partial charge >= 0.3 is 6.18 Å². The second kappa shape index (κ2) is 5.88. The largest absolute Gasteiger partial charge is 0.456 e. The maximum absolute atomic E-state index is 12.8. The average Bonchev–Trinajstić information content (AvgIpc) is 2.40. The molecule has 8 heteroatoms. The van der Waals surface area contributed by atoms with Gasteiger partial charge in [-0.15, -0.1) is 0 Å². The van der Waals surface area contributed by atoms with Gasteiger partial charge in [-0.05, 0) is 46.9 Å². The fourth-order valence-electron chi connectivity index (χ4n) is 1.62. The van der Waals surface area contributed by atoms with Crippen LogP contribution in [0.3, 0.4) is 0 Å². The smallest absolute Gasteiger partial charge is 0.423 e. The lowest BCUT2D eigenvalue weighted by Crippen LogP contribution is -2.09. The first-order valence-electron chi connectivity index (χ1n) is 5.57. The van der Waals surface area contributed by atoms with Gasteiger partial charge in [-0.1, -0.05) is 12.1 Å². The van der Waals surface area contributed by atoms with Crippen LogP contribution >= 0.6 is 22.6 Å². The van der Waals surface area contributed by atoms with E-state index in [0.717, 1.165) is 12.1 Å². The SMILES string of the molecule is O=[N+]([O-])c1ccc(Oc2ccccc2I)cc1C(F)(F)F. The highest BCUT2D eigenvalue weighted by Gasteiger charge is 2.38. The Morgan fingerprint density at radius 2 is 1.81 bits per heavy atom. The van der Waals surface area contributed by atoms with Crippen LogP contribution in [0.4, 0.5) is 18.9 Å². The third-order valence-corrected chi connectivity index (χ3v) is 3.43. The number of benzene rings is 2. The Hall–Kier alpha value is -1.84. The van der Waals surface area contributed by atoms with E-state index in [-0.39, 0.29) is 5.75 Å². The van der Waals surface area contributed by atoms with E-state index < -0.39 is 22.4 Å². The van der Waals surface area contributed by atoms with Gasteiger partial charge in [0.15, 0.2) is 0 Å². The topological polar surface area (TPSA) is 52.4 Å². The molecule has 0 atom stereocenters. The minimum Gasteiger partial charge on any atom is -0.456 e. The molecule has 21 heavy (non-hydrogen) atoms. The van der Waals surface area contributed by atoms with Crippen molar-refractivity contribution in [1.29, 1.82) is 0 Å². The molecule has 0 aromatic heterocycles. The van der Waals surface area contributed by atoms with Gasteiger partial charge in [0.2, 0.25) is 0 Å². The number of para-hydroxylation sites is 1. The zero-order valence-corrected chi connectivity index (χ0v) is 12.4. The first-order valence-corrected chi connectivity index (χ1v) is 6.65. The molecule has 0 aliphatic heterocycles. The lowest BCUT2D eigenvalue weighted by Gasteiger charge is -2.11. The lowest BCUT2D eigenvalue weighted by atomic mass is 10.1. The number of hydrogen-bond acceptors (Lipinski definition) is 3. The molecule has 0 heterocycles. The van der Waals surface area contributed by atoms with Crippen LogP contribution < -0.4 is 4.74 Å². The van der Waals surface area contributed by atoms with Crippen molar-refractivity contribution in [3.63, 3.8) is 0 Å². The van der Waals surface area contributed by atoms with Gasteiger partial charge in [0.1, 0.15) is 17.1 Å². The number of ether oxygens (including phenoxy) is 1. The normalized spacial score (nSPS) is 11.2. The van der Waals surface area contributed by atoms with E-state index in [2.05, 4.69) is 0 Å². The molecule has 0 radical (unpaired) electrons. The summed E-state index contributed by atoms with van der Waals surface area (Å²) in [6.45, 7) is 0. The van der Waals surface area contributed by atoms with Gasteiger partial charge in [0.25, 0.3) is 5.69 Å². The Morgan fingerprint density at radius 1 is 1.14 bits per heavy atom. The molecule has 0 N–H and O–H groups in total. The summed E-state index contributed by atoms with van der Waals surface area (Å²) in [6.07, 6.45) is -4.83. The van der Waals surface area contributed by atoms with Crippen LogP contribution in [0.2, 0.25) is 0 Å². The van der Waals surface area contributed by atoms with Crippen molar-refractivity contribution < 1.29 is 22.8 Å². The van der Waals surface area contributed by atoms with Crippen molar-refractivity contribution in [1.82, 2.24) is 0 Å². The minimum absolute atomic E-state index is 0.114. The van der Waals surface area contributed by atoms with E-state index in [4.69, 9.17) is 4.74 Å². The molecule has 4 nitrogen and oxygen atoms in total. The van der Waals surface area contributed by atoms with E-state index in [9.17, 15) is 23.3 Å². The second-order valence-corrected chi connectivity index (χ2v) is 5.13. The second-order valence-electron chi connectivity index (χ2n) is 3.97. The third kappa shape index (κ3) is 3.63. The standard InChI is InChI=1S/C13H7F3INO3/c14-13(15,16)9-7-8(5-6-11(9)18(19)20)21-12-4-2-1-3-10(12)17/h1-7H. The number of alkyl halides is 3. The van der Waals surface area contributed by atoms with Crippen LogP contribution in [0.25, 0.3) is 0 Å². The molecule has 0 aliphatic carbocycles. The Morgan fingerprint density at radius 3 is 2.38 bits per heavy atom. The molecule has 110 valence electrons. The zero-order valence-electron chi connectivity index (χ0n) is 10.2. The van der Waals surface area contributed by atoms with E-state index >= 15 is 0 Å². The first kappa shape index (κ1) is 15.5. The fourth-order valence-corrected chi connectivity index (χ4v) is 2.12. The van der Waals surface area contributed by atoms with Gasteiger partial charge in [-0.3, -0.25) is 10.1 Å². The van der Waals surface area contributed by atoms with E-state index in [1.807, 2.05) is 22.6 Å². The summed E-state index contributed by atoms with van der Waals surface area (Å²) in [5, 5.41) is 10.7. The molecule has 0 amide bonds. The van der Waals surface area contributed by atoms with Crippen LogP contribution in [0.1, 0.15) is 5.56 Å². The lowest BCUT2D eigenvalue weighted by molar-refractivity contribution is -0.388. The molecular weight excluding hydrogens is 402 g/mol. The summed E-state index contributed by atoms with van der Waals surface area (Å²) in [4.78, 5) is 9.59. The molecule has 0 bridgehead atoms. The monoisotopic (exact) mass is 409 g/mol. The number of nitro groups is 1. The Balaban J connectivity index is 2.43. The summed E-state index contributed by atoms with van der Waals surface area (Å²) >= 11 is 1.97. The Kier molecular flexibility index (Phi) is 4.35. The zero-order chi connectivity index (χ0) is 15.6. The van der Waals surface area contributed by atoms with Crippen LogP contribution in [0.5, 0.6) is 11.5 Å². The molecule has 0 unspecified atom stereocenters. The third-order valence-electron chi connectivity index (χ3n) is 2.53. The van der Waals surface area contributed by atoms with Crippen LogP contribution in [-0.2, 0) is 6.18 Å². The summed E-state index contributed by atoms with van der Waals surface area (Å²) in [6, 6.07) is 9.30. The number of halogens is 4. The highest BCUT2D eigenvalue weighted by atomic mass is 127. The molecule has 0 fully saturated rings. The number of hydrogen-bond donors (Lipinski definition) is 0.